The molecule has 3 aromatic rings. The summed E-state index contributed by atoms with van der Waals surface area (Å²) >= 11 is 0. The summed E-state index contributed by atoms with van der Waals surface area (Å²) in [7, 11) is -4.05. The van der Waals surface area contributed by atoms with Gasteiger partial charge in [-0.2, -0.15) is 4.31 Å². The van der Waals surface area contributed by atoms with Crippen molar-refractivity contribution in [3.8, 4) is 0 Å². The molecule has 7 nitrogen and oxygen atoms in total. The second kappa shape index (κ2) is 8.85. The number of nitrogens with one attached hydrogen (secondary N) is 1. The van der Waals surface area contributed by atoms with Gasteiger partial charge in [0.1, 0.15) is 17.3 Å². The zero-order valence-corrected chi connectivity index (χ0v) is 17.8. The highest BCUT2D eigenvalue weighted by atomic mass is 32.2. The molecule has 0 saturated heterocycles. The molecule has 0 aliphatic rings. The largest absolute Gasteiger partial charge is 0.468 e. The van der Waals surface area contributed by atoms with Crippen LogP contribution in [0, 0.1) is 19.7 Å². The van der Waals surface area contributed by atoms with Crippen LogP contribution in [0.3, 0.4) is 0 Å². The van der Waals surface area contributed by atoms with Gasteiger partial charge in [-0.25, -0.2) is 17.6 Å². The first kappa shape index (κ1) is 21.8. The number of benzene rings is 1. The first-order valence-electron chi connectivity index (χ1n) is 9.37. The number of furan rings is 1. The summed E-state index contributed by atoms with van der Waals surface area (Å²) in [6.45, 7) is 5.33. The predicted octanol–water partition coefficient (Wildman–Crippen LogP) is 3.93. The number of hydrogen-bond acceptors (Lipinski definition) is 5. The van der Waals surface area contributed by atoms with Gasteiger partial charge in [-0.1, -0.05) is 6.07 Å². The molecule has 0 amide bonds. The number of hydrogen-bond donors (Lipinski definition) is 1. The summed E-state index contributed by atoms with van der Waals surface area (Å²) in [6.07, 6.45) is 1.45. The molecule has 0 fully saturated rings. The van der Waals surface area contributed by atoms with Gasteiger partial charge >= 0.3 is 5.97 Å². The average molecular weight is 434 g/mol. The molecule has 1 N–H and O–H groups in total. The maximum atomic E-state index is 13.7. The lowest BCUT2D eigenvalue weighted by atomic mass is 10.1. The predicted molar refractivity (Wildman–Crippen MR) is 108 cm³/mol. The average Bonchev–Trinajstić information content (AvgIpc) is 3.31. The van der Waals surface area contributed by atoms with E-state index in [0.29, 0.717) is 22.6 Å². The van der Waals surface area contributed by atoms with Gasteiger partial charge in [0.15, 0.2) is 0 Å². The topological polar surface area (TPSA) is 92.6 Å². The monoisotopic (exact) mass is 434 g/mol. The van der Waals surface area contributed by atoms with Crippen LogP contribution in [0.4, 0.5) is 4.39 Å². The highest BCUT2D eigenvalue weighted by Gasteiger charge is 2.29. The number of ether oxygens (including phenoxy) is 1. The van der Waals surface area contributed by atoms with Crippen LogP contribution in [0.2, 0.25) is 0 Å². The molecule has 0 saturated carbocycles. The van der Waals surface area contributed by atoms with Crippen molar-refractivity contribution in [1.82, 2.24) is 9.29 Å². The molecule has 2 heterocycles. The van der Waals surface area contributed by atoms with Crippen molar-refractivity contribution in [3.05, 3.63) is 76.8 Å². The van der Waals surface area contributed by atoms with Crippen molar-refractivity contribution in [2.75, 3.05) is 6.61 Å². The van der Waals surface area contributed by atoms with Gasteiger partial charge in [0.05, 0.1) is 24.3 Å². The van der Waals surface area contributed by atoms with E-state index >= 15 is 0 Å². The Balaban J connectivity index is 2.01. The van der Waals surface area contributed by atoms with Crippen LogP contribution in [0.1, 0.15) is 40.0 Å². The molecule has 3 rings (SSSR count). The van der Waals surface area contributed by atoms with E-state index in [9.17, 15) is 17.6 Å². The van der Waals surface area contributed by atoms with Crippen molar-refractivity contribution >= 4 is 16.0 Å². The molecule has 0 aliphatic heterocycles. The third kappa shape index (κ3) is 4.47. The third-order valence-electron chi connectivity index (χ3n) is 4.75. The van der Waals surface area contributed by atoms with Crippen molar-refractivity contribution in [3.63, 3.8) is 0 Å². The van der Waals surface area contributed by atoms with Gasteiger partial charge in [-0.05, 0) is 62.2 Å². The lowest BCUT2D eigenvalue weighted by Crippen LogP contribution is -2.30. The molecule has 30 heavy (non-hydrogen) atoms. The van der Waals surface area contributed by atoms with Crippen LogP contribution in [0.5, 0.6) is 0 Å². The van der Waals surface area contributed by atoms with Gasteiger partial charge in [0.2, 0.25) is 10.0 Å². The van der Waals surface area contributed by atoms with Crippen LogP contribution < -0.4 is 0 Å². The van der Waals surface area contributed by atoms with Crippen molar-refractivity contribution in [1.29, 1.82) is 0 Å². The van der Waals surface area contributed by atoms with Gasteiger partial charge in [-0.15, -0.1) is 0 Å². The zero-order chi connectivity index (χ0) is 21.9. The molecule has 0 bridgehead atoms. The number of aromatic nitrogens is 1. The Hall–Kier alpha value is -2.91. The number of sulfonamides is 1. The van der Waals surface area contributed by atoms with Crippen LogP contribution >= 0.6 is 0 Å². The van der Waals surface area contributed by atoms with E-state index in [1.54, 1.807) is 32.9 Å². The number of esters is 1. The van der Waals surface area contributed by atoms with Crippen LogP contribution in [0.25, 0.3) is 0 Å². The standard InChI is InChI=1S/C21H23FN2O5S/c1-4-28-21(25)20-14(2)19(15(3)23-20)13-24(12-17-8-6-10-29-17)30(26,27)18-9-5-7-16(22)11-18/h5-11,23H,4,12-13H2,1-3H3. The number of rotatable bonds is 8. The molecular weight excluding hydrogens is 411 g/mol. The van der Waals surface area contributed by atoms with Crippen LogP contribution in [-0.2, 0) is 27.8 Å². The fraction of sp³-hybridized carbons (Fsp3) is 0.286. The molecule has 1 aromatic carbocycles. The molecular formula is C21H23FN2O5S. The SMILES string of the molecule is CCOC(=O)c1[nH]c(C)c(CN(Cc2ccco2)S(=O)(=O)c2cccc(F)c2)c1C. The fourth-order valence-corrected chi connectivity index (χ4v) is 4.59. The third-order valence-corrected chi connectivity index (χ3v) is 6.54. The summed E-state index contributed by atoms with van der Waals surface area (Å²) in [5.41, 5.74) is 2.18. The van der Waals surface area contributed by atoms with E-state index in [-0.39, 0.29) is 30.3 Å². The Morgan fingerprint density at radius 2 is 1.97 bits per heavy atom. The fourth-order valence-electron chi connectivity index (χ4n) is 3.19. The Labute approximate surface area is 174 Å². The minimum absolute atomic E-state index is 0.0346. The van der Waals surface area contributed by atoms with E-state index in [1.807, 2.05) is 0 Å². The Morgan fingerprint density at radius 1 is 1.20 bits per heavy atom. The molecule has 0 unspecified atom stereocenters. The Kier molecular flexibility index (Phi) is 6.42. The minimum atomic E-state index is -4.05. The lowest BCUT2D eigenvalue weighted by molar-refractivity contribution is 0.0519. The number of H-pyrrole nitrogens is 1. The number of halogens is 1. The first-order chi connectivity index (χ1) is 14.2. The van der Waals surface area contributed by atoms with Gasteiger partial charge in [0, 0.05) is 12.2 Å². The number of aryl methyl sites for hydroxylation is 1. The molecule has 0 atom stereocenters. The Bertz CT molecular complexity index is 1140. The summed E-state index contributed by atoms with van der Waals surface area (Å²) in [4.78, 5) is 15.0. The zero-order valence-electron chi connectivity index (χ0n) is 16.9. The Morgan fingerprint density at radius 3 is 2.60 bits per heavy atom. The van der Waals surface area contributed by atoms with Crippen molar-refractivity contribution in [2.24, 2.45) is 0 Å². The quantitative estimate of drug-likeness (QED) is 0.542. The molecule has 2 aromatic heterocycles. The van der Waals surface area contributed by atoms with Gasteiger partial charge < -0.3 is 14.1 Å². The summed E-state index contributed by atoms with van der Waals surface area (Å²) < 4.78 is 51.9. The maximum absolute atomic E-state index is 13.7. The molecule has 160 valence electrons. The minimum Gasteiger partial charge on any atom is -0.468 e. The van der Waals surface area contributed by atoms with Gasteiger partial charge in [0.25, 0.3) is 0 Å². The highest BCUT2D eigenvalue weighted by Crippen LogP contribution is 2.26. The van der Waals surface area contributed by atoms with E-state index in [4.69, 9.17) is 9.15 Å². The number of nitrogens with zero attached hydrogens (tertiary/aromatic N) is 1. The number of carbonyl (C=O) groups excluding carboxylic acids is 1. The lowest BCUT2D eigenvalue weighted by Gasteiger charge is -2.22. The van der Waals surface area contributed by atoms with E-state index < -0.39 is 21.8 Å². The summed E-state index contributed by atoms with van der Waals surface area (Å²) in [5, 5.41) is 0. The van der Waals surface area contributed by atoms with Crippen molar-refractivity contribution in [2.45, 2.75) is 38.8 Å². The normalized spacial score (nSPS) is 11.8. The molecule has 9 heteroatoms. The second-order valence-electron chi connectivity index (χ2n) is 6.76. The van der Waals surface area contributed by atoms with Crippen LogP contribution in [-0.4, -0.2) is 30.3 Å². The molecule has 0 aliphatic carbocycles. The maximum Gasteiger partial charge on any atom is 0.355 e. The van der Waals surface area contributed by atoms with Gasteiger partial charge in [-0.3, -0.25) is 0 Å². The summed E-state index contributed by atoms with van der Waals surface area (Å²) in [6, 6.07) is 8.17. The number of aromatic amines is 1. The van der Waals surface area contributed by atoms with E-state index in [0.717, 1.165) is 6.07 Å². The molecule has 0 radical (unpaired) electrons. The summed E-state index contributed by atoms with van der Waals surface area (Å²) in [5.74, 6) is -0.714. The van der Waals surface area contributed by atoms with Crippen molar-refractivity contribution < 1.29 is 26.8 Å². The van der Waals surface area contributed by atoms with E-state index in [1.165, 1.54) is 28.8 Å². The first-order valence-corrected chi connectivity index (χ1v) is 10.8. The second-order valence-corrected chi connectivity index (χ2v) is 8.70. The molecule has 0 spiro atoms. The number of carbonyl (C=O) groups is 1. The van der Waals surface area contributed by atoms with E-state index in [2.05, 4.69) is 4.98 Å². The highest BCUT2D eigenvalue weighted by molar-refractivity contribution is 7.89. The smallest absolute Gasteiger partial charge is 0.355 e. The van der Waals surface area contributed by atoms with Crippen LogP contribution in [0.15, 0.2) is 52.0 Å².